The Kier molecular flexibility index (Phi) is 3.41. The van der Waals surface area contributed by atoms with E-state index in [-0.39, 0.29) is 5.56 Å². The molecule has 4 heteroatoms. The van der Waals surface area contributed by atoms with Crippen molar-refractivity contribution in [2.24, 2.45) is 0 Å². The van der Waals surface area contributed by atoms with Crippen LogP contribution in [0.15, 0.2) is 34.4 Å². The van der Waals surface area contributed by atoms with Gasteiger partial charge in [-0.15, -0.1) is 11.3 Å². The molecule has 0 bridgehead atoms. The normalized spacial score (nSPS) is 11.8. The highest BCUT2D eigenvalue weighted by atomic mass is 32.1. The summed E-state index contributed by atoms with van der Waals surface area (Å²) in [7, 11) is 0. The van der Waals surface area contributed by atoms with Crippen molar-refractivity contribution in [2.45, 2.75) is 32.9 Å². The van der Waals surface area contributed by atoms with E-state index in [2.05, 4.69) is 0 Å². The average molecular weight is 263 g/mol. The van der Waals surface area contributed by atoms with Crippen molar-refractivity contribution in [3.8, 4) is 10.6 Å². The molecule has 0 saturated carbocycles. The van der Waals surface area contributed by atoms with Crippen molar-refractivity contribution in [3.05, 3.63) is 45.6 Å². The van der Waals surface area contributed by atoms with Gasteiger partial charge in [-0.05, 0) is 44.4 Å². The van der Waals surface area contributed by atoms with Gasteiger partial charge in [-0.25, -0.2) is 0 Å². The second kappa shape index (κ2) is 4.71. The Morgan fingerprint density at radius 3 is 2.56 bits per heavy atom. The van der Waals surface area contributed by atoms with Crippen molar-refractivity contribution in [2.75, 3.05) is 0 Å². The molecule has 0 aromatic carbocycles. The topological polar surface area (TPSA) is 42.2 Å². The Hall–Kier alpha value is -1.39. The predicted molar refractivity (Wildman–Crippen MR) is 74.9 cm³/mol. The van der Waals surface area contributed by atoms with Crippen molar-refractivity contribution >= 4 is 11.3 Å². The molecular formula is C14H17NO2S. The summed E-state index contributed by atoms with van der Waals surface area (Å²) in [6.07, 6.45) is 0. The second-order valence-corrected chi connectivity index (χ2v) is 5.67. The van der Waals surface area contributed by atoms with Gasteiger partial charge in [0, 0.05) is 12.1 Å². The molecule has 2 aromatic rings. The van der Waals surface area contributed by atoms with Crippen LogP contribution in [0.4, 0.5) is 0 Å². The molecular weight excluding hydrogens is 246 g/mol. The number of hydrogen-bond donors (Lipinski definition) is 1. The lowest BCUT2D eigenvalue weighted by atomic mass is 9.99. The smallest absolute Gasteiger partial charge is 0.257 e. The Morgan fingerprint density at radius 2 is 2.06 bits per heavy atom. The highest BCUT2D eigenvalue weighted by Crippen LogP contribution is 2.25. The summed E-state index contributed by atoms with van der Waals surface area (Å²) in [4.78, 5) is 13.4. The lowest BCUT2D eigenvalue weighted by Crippen LogP contribution is -2.32. The zero-order valence-corrected chi connectivity index (χ0v) is 11.6. The quantitative estimate of drug-likeness (QED) is 0.925. The third-order valence-electron chi connectivity index (χ3n) is 2.92. The van der Waals surface area contributed by atoms with Crippen LogP contribution in [0.1, 0.15) is 26.3 Å². The summed E-state index contributed by atoms with van der Waals surface area (Å²) in [6, 6.07) is 7.59. The molecule has 3 nitrogen and oxygen atoms in total. The minimum Gasteiger partial charge on any atom is -0.386 e. The SMILES string of the molecule is CCn1c(-c2cccs2)ccc(C(C)(C)O)c1=O. The highest BCUT2D eigenvalue weighted by Gasteiger charge is 2.22. The molecule has 0 aliphatic rings. The monoisotopic (exact) mass is 263 g/mol. The van der Waals surface area contributed by atoms with E-state index in [0.29, 0.717) is 12.1 Å². The van der Waals surface area contributed by atoms with Gasteiger partial charge in [-0.3, -0.25) is 4.79 Å². The van der Waals surface area contributed by atoms with Crippen molar-refractivity contribution in [1.29, 1.82) is 0 Å². The van der Waals surface area contributed by atoms with Crippen LogP contribution in [-0.2, 0) is 12.1 Å². The van der Waals surface area contributed by atoms with E-state index >= 15 is 0 Å². The van der Waals surface area contributed by atoms with Gasteiger partial charge in [0.1, 0.15) is 0 Å². The van der Waals surface area contributed by atoms with Crippen molar-refractivity contribution in [1.82, 2.24) is 4.57 Å². The van der Waals surface area contributed by atoms with Gasteiger partial charge < -0.3 is 9.67 Å². The molecule has 0 aliphatic heterocycles. The first-order chi connectivity index (χ1) is 8.45. The van der Waals surface area contributed by atoms with E-state index in [9.17, 15) is 9.90 Å². The molecule has 0 amide bonds. The molecule has 1 N–H and O–H groups in total. The van der Waals surface area contributed by atoms with Gasteiger partial charge in [0.15, 0.2) is 0 Å². The molecule has 0 spiro atoms. The van der Waals surface area contributed by atoms with E-state index < -0.39 is 5.60 Å². The largest absolute Gasteiger partial charge is 0.386 e. The second-order valence-electron chi connectivity index (χ2n) is 4.72. The third-order valence-corrected chi connectivity index (χ3v) is 3.82. The van der Waals surface area contributed by atoms with Gasteiger partial charge in [0.05, 0.1) is 16.2 Å². The summed E-state index contributed by atoms with van der Waals surface area (Å²) in [5, 5.41) is 12.0. The first-order valence-corrected chi connectivity index (χ1v) is 6.83. The lowest BCUT2D eigenvalue weighted by molar-refractivity contribution is 0.0765. The molecule has 2 heterocycles. The molecule has 2 aromatic heterocycles. The van der Waals surface area contributed by atoms with Crippen LogP contribution in [0.25, 0.3) is 10.6 Å². The molecule has 18 heavy (non-hydrogen) atoms. The average Bonchev–Trinajstić information content (AvgIpc) is 2.79. The molecule has 0 radical (unpaired) electrons. The lowest BCUT2D eigenvalue weighted by Gasteiger charge is -2.19. The molecule has 0 aliphatic carbocycles. The maximum Gasteiger partial charge on any atom is 0.257 e. The fourth-order valence-electron chi connectivity index (χ4n) is 2.00. The summed E-state index contributed by atoms with van der Waals surface area (Å²) in [5.41, 5.74) is 0.119. The van der Waals surface area contributed by atoms with Gasteiger partial charge in [0.2, 0.25) is 0 Å². The van der Waals surface area contributed by atoms with Crippen molar-refractivity contribution in [3.63, 3.8) is 0 Å². The van der Waals surface area contributed by atoms with Crippen LogP contribution in [0.5, 0.6) is 0 Å². The third kappa shape index (κ3) is 2.26. The number of thiophene rings is 1. The van der Waals surface area contributed by atoms with Crippen LogP contribution in [0.3, 0.4) is 0 Å². The summed E-state index contributed by atoms with van der Waals surface area (Å²) < 4.78 is 1.71. The first-order valence-electron chi connectivity index (χ1n) is 5.95. The number of nitrogens with zero attached hydrogens (tertiary/aromatic N) is 1. The minimum absolute atomic E-state index is 0.115. The van der Waals surface area contributed by atoms with Crippen molar-refractivity contribution < 1.29 is 5.11 Å². The van der Waals surface area contributed by atoms with Crippen LogP contribution in [-0.4, -0.2) is 9.67 Å². The number of aromatic nitrogens is 1. The molecule has 2 rings (SSSR count). The zero-order chi connectivity index (χ0) is 13.3. The zero-order valence-electron chi connectivity index (χ0n) is 10.8. The molecule has 96 valence electrons. The molecule has 0 unspecified atom stereocenters. The number of aliphatic hydroxyl groups is 1. The number of rotatable bonds is 3. The van der Waals surface area contributed by atoms with Crippen LogP contribution in [0.2, 0.25) is 0 Å². The van der Waals surface area contributed by atoms with E-state index in [1.165, 1.54) is 0 Å². The Bertz CT molecular complexity index is 591. The number of pyridine rings is 1. The van der Waals surface area contributed by atoms with Gasteiger partial charge in [-0.2, -0.15) is 0 Å². The molecule has 0 fully saturated rings. The van der Waals surface area contributed by atoms with Crippen LogP contribution in [0, 0.1) is 0 Å². The van der Waals surface area contributed by atoms with E-state index in [1.54, 1.807) is 35.8 Å². The van der Waals surface area contributed by atoms with Crippen LogP contribution >= 0.6 is 11.3 Å². The summed E-state index contributed by atoms with van der Waals surface area (Å²) in [6.45, 7) is 5.80. The van der Waals surface area contributed by atoms with Crippen LogP contribution < -0.4 is 5.56 Å². The van der Waals surface area contributed by atoms with E-state index in [1.807, 2.05) is 30.5 Å². The fraction of sp³-hybridized carbons (Fsp3) is 0.357. The standard InChI is InChI=1S/C14H17NO2S/c1-4-15-11(12-6-5-9-18-12)8-7-10(13(15)16)14(2,3)17/h5-9,17H,4H2,1-3H3. The Morgan fingerprint density at radius 1 is 1.33 bits per heavy atom. The molecule has 0 saturated heterocycles. The summed E-state index contributed by atoms with van der Waals surface area (Å²) >= 11 is 1.61. The van der Waals surface area contributed by atoms with Gasteiger partial charge in [-0.1, -0.05) is 6.07 Å². The van der Waals surface area contributed by atoms with E-state index in [4.69, 9.17) is 0 Å². The summed E-state index contributed by atoms with van der Waals surface area (Å²) in [5.74, 6) is 0. The minimum atomic E-state index is -1.11. The highest BCUT2D eigenvalue weighted by molar-refractivity contribution is 7.13. The van der Waals surface area contributed by atoms with Gasteiger partial charge >= 0.3 is 0 Å². The Labute approximate surface area is 110 Å². The first kappa shape index (κ1) is 13.1. The maximum atomic E-state index is 12.4. The van der Waals surface area contributed by atoms with Gasteiger partial charge in [0.25, 0.3) is 5.56 Å². The predicted octanol–water partition coefficient (Wildman–Crippen LogP) is 2.82. The number of hydrogen-bond acceptors (Lipinski definition) is 3. The van der Waals surface area contributed by atoms with E-state index in [0.717, 1.165) is 10.6 Å². The molecule has 0 atom stereocenters. The Balaban J connectivity index is 2.67. The fourth-order valence-corrected chi connectivity index (χ4v) is 2.76. The maximum absolute atomic E-state index is 12.4.